The van der Waals surface area contributed by atoms with Gasteiger partial charge in [-0.3, -0.25) is 14.4 Å². The summed E-state index contributed by atoms with van der Waals surface area (Å²) in [5.41, 5.74) is -0.999. The van der Waals surface area contributed by atoms with E-state index in [0.29, 0.717) is 13.1 Å². The topological polar surface area (TPSA) is 59.4 Å². The molecule has 1 aromatic heterocycles. The Morgan fingerprint density at radius 2 is 2.04 bits per heavy atom. The number of nitrogens with zero attached hydrogens (tertiary/aromatic N) is 3. The second-order valence-electron chi connectivity index (χ2n) is 5.76. The maximum Gasteiger partial charge on any atom is 0.435 e. The lowest BCUT2D eigenvalue weighted by molar-refractivity contribution is -0.141. The molecule has 1 saturated heterocycles. The number of carbonyl (C=O) groups excluding carboxylic acids is 1. The molecule has 23 heavy (non-hydrogen) atoms. The van der Waals surface area contributed by atoms with Gasteiger partial charge in [0.25, 0.3) is 0 Å². The van der Waals surface area contributed by atoms with Gasteiger partial charge in [-0.25, -0.2) is 0 Å². The molecule has 1 aliphatic rings. The van der Waals surface area contributed by atoms with Crippen molar-refractivity contribution in [3.05, 3.63) is 18.0 Å². The van der Waals surface area contributed by atoms with Crippen LogP contribution in [0.2, 0.25) is 0 Å². The summed E-state index contributed by atoms with van der Waals surface area (Å²) in [7, 11) is 0. The number of hydrogen-bond acceptors (Lipinski definition) is 4. The molecule has 0 spiro atoms. The van der Waals surface area contributed by atoms with Crippen LogP contribution in [0.5, 0.6) is 0 Å². The molecular weight excluding hydrogens is 313 g/mol. The third kappa shape index (κ3) is 5.51. The highest BCUT2D eigenvalue weighted by Gasteiger charge is 2.33. The van der Waals surface area contributed by atoms with E-state index in [1.807, 2.05) is 13.8 Å². The van der Waals surface area contributed by atoms with Crippen molar-refractivity contribution in [1.82, 2.24) is 20.0 Å². The molecule has 2 atom stereocenters. The number of halogens is 3. The van der Waals surface area contributed by atoms with E-state index in [2.05, 4.69) is 15.3 Å². The molecule has 0 saturated carbocycles. The number of ether oxygens (including phenoxy) is 1. The van der Waals surface area contributed by atoms with Gasteiger partial charge in [0.2, 0.25) is 5.91 Å². The Morgan fingerprint density at radius 3 is 2.61 bits per heavy atom. The van der Waals surface area contributed by atoms with Gasteiger partial charge in [0.1, 0.15) is 6.54 Å². The van der Waals surface area contributed by atoms with Crippen LogP contribution in [-0.4, -0.2) is 59.0 Å². The molecular formula is C14H21F3N4O2. The first-order chi connectivity index (χ1) is 10.7. The highest BCUT2D eigenvalue weighted by molar-refractivity contribution is 5.75. The molecule has 1 N–H and O–H groups in total. The molecule has 0 radical (unpaired) electrons. The molecule has 1 amide bonds. The van der Waals surface area contributed by atoms with Crippen molar-refractivity contribution in [2.45, 2.75) is 38.8 Å². The molecule has 0 aliphatic carbocycles. The SMILES string of the molecule is C[C@H]1CN(CCNC(=O)Cn2ccc(C(F)(F)F)n2)C[C@H](C)O1. The van der Waals surface area contributed by atoms with Gasteiger partial charge in [-0.15, -0.1) is 0 Å². The zero-order valence-corrected chi connectivity index (χ0v) is 13.1. The fourth-order valence-electron chi connectivity index (χ4n) is 2.62. The van der Waals surface area contributed by atoms with Crippen LogP contribution in [0.3, 0.4) is 0 Å². The second kappa shape index (κ2) is 7.31. The zero-order chi connectivity index (χ0) is 17.0. The van der Waals surface area contributed by atoms with Crippen molar-refractivity contribution in [2.75, 3.05) is 26.2 Å². The van der Waals surface area contributed by atoms with Gasteiger partial charge in [0.05, 0.1) is 12.2 Å². The van der Waals surface area contributed by atoms with Crippen molar-refractivity contribution in [3.63, 3.8) is 0 Å². The number of alkyl halides is 3. The molecule has 1 aliphatic heterocycles. The van der Waals surface area contributed by atoms with E-state index < -0.39 is 11.9 Å². The average molecular weight is 334 g/mol. The van der Waals surface area contributed by atoms with E-state index in [0.717, 1.165) is 30.0 Å². The minimum atomic E-state index is -4.49. The minimum Gasteiger partial charge on any atom is -0.373 e. The molecule has 0 aromatic carbocycles. The van der Waals surface area contributed by atoms with Gasteiger partial charge in [0, 0.05) is 32.4 Å². The fraction of sp³-hybridized carbons (Fsp3) is 0.714. The highest BCUT2D eigenvalue weighted by Crippen LogP contribution is 2.27. The van der Waals surface area contributed by atoms with Crippen molar-refractivity contribution in [3.8, 4) is 0 Å². The van der Waals surface area contributed by atoms with E-state index in [4.69, 9.17) is 4.74 Å². The van der Waals surface area contributed by atoms with Crippen molar-refractivity contribution < 1.29 is 22.7 Å². The van der Waals surface area contributed by atoms with Crippen LogP contribution in [0.25, 0.3) is 0 Å². The summed E-state index contributed by atoms with van der Waals surface area (Å²) in [6.45, 7) is 6.48. The Bertz CT molecular complexity index is 522. The van der Waals surface area contributed by atoms with Crippen LogP contribution in [0.4, 0.5) is 13.2 Å². The lowest BCUT2D eigenvalue weighted by atomic mass is 10.2. The first kappa shape index (κ1) is 17.7. The molecule has 130 valence electrons. The normalized spacial score (nSPS) is 23.0. The predicted octanol–water partition coefficient (Wildman–Crippen LogP) is 1.13. The van der Waals surface area contributed by atoms with E-state index >= 15 is 0 Å². The van der Waals surface area contributed by atoms with Gasteiger partial charge >= 0.3 is 6.18 Å². The van der Waals surface area contributed by atoms with Gasteiger partial charge in [-0.2, -0.15) is 18.3 Å². The Morgan fingerprint density at radius 1 is 1.39 bits per heavy atom. The third-order valence-electron chi connectivity index (χ3n) is 3.48. The highest BCUT2D eigenvalue weighted by atomic mass is 19.4. The summed E-state index contributed by atoms with van der Waals surface area (Å²) in [6.07, 6.45) is -3.04. The summed E-state index contributed by atoms with van der Waals surface area (Å²) in [5.74, 6) is -0.365. The van der Waals surface area contributed by atoms with Gasteiger partial charge in [0.15, 0.2) is 5.69 Å². The largest absolute Gasteiger partial charge is 0.435 e. The van der Waals surface area contributed by atoms with E-state index in [9.17, 15) is 18.0 Å². The molecule has 2 heterocycles. The maximum absolute atomic E-state index is 12.4. The summed E-state index contributed by atoms with van der Waals surface area (Å²) >= 11 is 0. The number of amides is 1. The summed E-state index contributed by atoms with van der Waals surface area (Å²) in [6, 6.07) is 0.851. The molecule has 9 heteroatoms. The van der Waals surface area contributed by atoms with Crippen LogP contribution in [0.15, 0.2) is 12.3 Å². The average Bonchev–Trinajstić information content (AvgIpc) is 2.85. The standard InChI is InChI=1S/C14H21F3N4O2/c1-10-7-20(8-11(2)23-10)6-4-18-13(22)9-21-5-3-12(19-21)14(15,16)17/h3,5,10-11H,4,6-9H2,1-2H3,(H,18,22)/t10-,11-/m0/s1. The molecule has 1 fully saturated rings. The molecule has 1 aromatic rings. The smallest absolute Gasteiger partial charge is 0.373 e. The Labute approximate surface area is 132 Å². The van der Waals surface area contributed by atoms with E-state index in [1.165, 1.54) is 0 Å². The first-order valence-electron chi connectivity index (χ1n) is 7.49. The maximum atomic E-state index is 12.4. The number of nitrogens with one attached hydrogen (secondary N) is 1. The van der Waals surface area contributed by atoms with Crippen molar-refractivity contribution >= 4 is 5.91 Å². The number of aromatic nitrogens is 2. The van der Waals surface area contributed by atoms with Gasteiger partial charge in [-0.1, -0.05) is 0 Å². The number of hydrogen-bond donors (Lipinski definition) is 1. The quantitative estimate of drug-likeness (QED) is 0.877. The Kier molecular flexibility index (Phi) is 5.64. The van der Waals surface area contributed by atoms with Crippen LogP contribution in [0, 0.1) is 0 Å². The number of carbonyl (C=O) groups is 1. The first-order valence-corrected chi connectivity index (χ1v) is 7.49. The third-order valence-corrected chi connectivity index (χ3v) is 3.48. The Balaban J connectivity index is 1.72. The van der Waals surface area contributed by atoms with Gasteiger partial charge < -0.3 is 10.1 Å². The van der Waals surface area contributed by atoms with E-state index in [1.54, 1.807) is 0 Å². The van der Waals surface area contributed by atoms with Gasteiger partial charge in [-0.05, 0) is 19.9 Å². The fourth-order valence-corrected chi connectivity index (χ4v) is 2.62. The summed E-state index contributed by atoms with van der Waals surface area (Å²) < 4.78 is 43.9. The number of morpholine rings is 1. The summed E-state index contributed by atoms with van der Waals surface area (Å²) in [5, 5.41) is 6.04. The van der Waals surface area contributed by atoms with E-state index in [-0.39, 0.29) is 24.7 Å². The van der Waals surface area contributed by atoms with Crippen LogP contribution in [0.1, 0.15) is 19.5 Å². The lowest BCUT2D eigenvalue weighted by Crippen LogP contribution is -2.48. The van der Waals surface area contributed by atoms with Crippen LogP contribution >= 0.6 is 0 Å². The van der Waals surface area contributed by atoms with Crippen molar-refractivity contribution in [2.24, 2.45) is 0 Å². The number of rotatable bonds is 5. The zero-order valence-electron chi connectivity index (χ0n) is 13.1. The van der Waals surface area contributed by atoms with Crippen LogP contribution < -0.4 is 5.32 Å². The monoisotopic (exact) mass is 334 g/mol. The van der Waals surface area contributed by atoms with Crippen LogP contribution in [-0.2, 0) is 22.3 Å². The predicted molar refractivity (Wildman–Crippen MR) is 76.7 cm³/mol. The van der Waals surface area contributed by atoms with Crippen molar-refractivity contribution in [1.29, 1.82) is 0 Å². The Hall–Kier alpha value is -1.61. The molecule has 0 bridgehead atoms. The lowest BCUT2D eigenvalue weighted by Gasteiger charge is -2.35. The minimum absolute atomic E-state index is 0.152. The second-order valence-corrected chi connectivity index (χ2v) is 5.76. The molecule has 2 rings (SSSR count). The molecule has 6 nitrogen and oxygen atoms in total. The molecule has 0 unspecified atom stereocenters. The summed E-state index contributed by atoms with van der Waals surface area (Å²) in [4.78, 5) is 13.9.